The summed E-state index contributed by atoms with van der Waals surface area (Å²) < 4.78 is 0. The van der Waals surface area contributed by atoms with Crippen molar-refractivity contribution in [2.45, 2.75) is 6.92 Å². The predicted molar refractivity (Wildman–Crippen MR) is 49.8 cm³/mol. The van der Waals surface area contributed by atoms with Crippen LogP contribution in [-0.2, 0) is 0 Å². The Bertz CT molecular complexity index is 315. The summed E-state index contributed by atoms with van der Waals surface area (Å²) >= 11 is 0. The normalized spacial score (nSPS) is 11.2. The summed E-state index contributed by atoms with van der Waals surface area (Å²) in [5.41, 5.74) is 1.81. The Balaban J connectivity index is 3.04. The molecule has 1 aromatic heterocycles. The Morgan fingerprint density at radius 3 is 3.00 bits per heavy atom. The van der Waals surface area contributed by atoms with Crippen molar-refractivity contribution in [1.29, 1.82) is 0 Å². The van der Waals surface area contributed by atoms with Crippen molar-refractivity contribution in [3.05, 3.63) is 48.0 Å². The van der Waals surface area contributed by atoms with Crippen molar-refractivity contribution in [3.63, 3.8) is 0 Å². The van der Waals surface area contributed by atoms with Gasteiger partial charge in [-0.25, -0.2) is 0 Å². The fourth-order valence-corrected chi connectivity index (χ4v) is 0.867. The molecule has 0 aliphatic heterocycles. The molecule has 0 aliphatic rings. The van der Waals surface area contributed by atoms with E-state index in [0.29, 0.717) is 0 Å². The summed E-state index contributed by atoms with van der Waals surface area (Å²) in [5, 5.41) is 9.15. The molecular weight excluding hydrogens is 150 g/mol. The van der Waals surface area contributed by atoms with Crippen LogP contribution in [0.5, 0.6) is 0 Å². The van der Waals surface area contributed by atoms with Gasteiger partial charge in [-0.1, -0.05) is 12.6 Å². The second-order valence-electron chi connectivity index (χ2n) is 2.45. The lowest BCUT2D eigenvalue weighted by atomic mass is 10.2. The topological polar surface area (TPSA) is 33.1 Å². The number of hydrogen-bond acceptors (Lipinski definition) is 2. The van der Waals surface area contributed by atoms with E-state index >= 15 is 0 Å². The van der Waals surface area contributed by atoms with E-state index in [2.05, 4.69) is 11.6 Å². The van der Waals surface area contributed by atoms with E-state index in [1.54, 1.807) is 12.3 Å². The van der Waals surface area contributed by atoms with Gasteiger partial charge in [-0.2, -0.15) is 0 Å². The largest absolute Gasteiger partial charge is 0.508 e. The minimum Gasteiger partial charge on any atom is -0.508 e. The fraction of sp³-hybridized carbons (Fsp3) is 0.100. The zero-order valence-corrected chi connectivity index (χ0v) is 6.99. The Morgan fingerprint density at radius 2 is 2.42 bits per heavy atom. The molecule has 0 spiro atoms. The lowest BCUT2D eigenvalue weighted by Gasteiger charge is -1.97. The maximum atomic E-state index is 9.15. The van der Waals surface area contributed by atoms with E-state index in [0.717, 1.165) is 11.3 Å². The smallest absolute Gasteiger partial charge is 0.115 e. The van der Waals surface area contributed by atoms with Gasteiger partial charge in [0, 0.05) is 11.9 Å². The van der Waals surface area contributed by atoms with E-state index in [4.69, 9.17) is 5.11 Å². The Kier molecular flexibility index (Phi) is 2.64. The van der Waals surface area contributed by atoms with Gasteiger partial charge >= 0.3 is 0 Å². The number of allylic oxidation sites excluding steroid dienone is 1. The number of hydrogen-bond donors (Lipinski definition) is 1. The summed E-state index contributed by atoms with van der Waals surface area (Å²) in [6.07, 6.45) is 4.75. The highest BCUT2D eigenvalue weighted by atomic mass is 16.3. The first-order valence-electron chi connectivity index (χ1n) is 3.69. The number of rotatable bonds is 2. The molecule has 1 rings (SSSR count). The molecule has 1 N–H and O–H groups in total. The van der Waals surface area contributed by atoms with Crippen LogP contribution >= 0.6 is 0 Å². The summed E-state index contributed by atoms with van der Waals surface area (Å²) in [6, 6.07) is 3.72. The highest BCUT2D eigenvalue weighted by molar-refractivity contribution is 5.54. The maximum absolute atomic E-state index is 9.15. The molecule has 0 fully saturated rings. The Morgan fingerprint density at radius 1 is 1.67 bits per heavy atom. The van der Waals surface area contributed by atoms with E-state index in [1.807, 2.05) is 19.1 Å². The molecule has 1 heterocycles. The SMILES string of the molecule is C=C/C(O)=C\c1cccnc1C. The highest BCUT2D eigenvalue weighted by Crippen LogP contribution is 2.08. The third-order valence-corrected chi connectivity index (χ3v) is 1.56. The fourth-order valence-electron chi connectivity index (χ4n) is 0.867. The van der Waals surface area contributed by atoms with Crippen LogP contribution in [0.4, 0.5) is 0 Å². The zero-order chi connectivity index (χ0) is 8.97. The molecule has 0 unspecified atom stereocenters. The van der Waals surface area contributed by atoms with Crippen LogP contribution in [0.15, 0.2) is 36.7 Å². The summed E-state index contributed by atoms with van der Waals surface area (Å²) in [4.78, 5) is 4.08. The monoisotopic (exact) mass is 161 g/mol. The molecule has 0 saturated heterocycles. The Labute approximate surface area is 71.9 Å². The number of aliphatic hydroxyl groups excluding tert-OH is 1. The van der Waals surface area contributed by atoms with Gasteiger partial charge in [0.2, 0.25) is 0 Å². The first-order chi connectivity index (χ1) is 5.74. The molecule has 1 aromatic rings. The molecule has 0 saturated carbocycles. The van der Waals surface area contributed by atoms with Crippen molar-refractivity contribution >= 4 is 6.08 Å². The number of nitrogens with zero attached hydrogens (tertiary/aromatic N) is 1. The molecule has 0 amide bonds. The van der Waals surface area contributed by atoms with Gasteiger partial charge in [-0.3, -0.25) is 4.98 Å². The van der Waals surface area contributed by atoms with Crippen molar-refractivity contribution in [1.82, 2.24) is 4.98 Å². The predicted octanol–water partition coefficient (Wildman–Crippen LogP) is 2.47. The van der Waals surface area contributed by atoms with Crippen LogP contribution < -0.4 is 0 Å². The molecule has 0 aliphatic carbocycles. The van der Waals surface area contributed by atoms with Crippen LogP contribution in [0.2, 0.25) is 0 Å². The minimum atomic E-state index is 0.158. The van der Waals surface area contributed by atoms with E-state index in [1.165, 1.54) is 6.08 Å². The van der Waals surface area contributed by atoms with Gasteiger partial charge in [-0.15, -0.1) is 0 Å². The van der Waals surface area contributed by atoms with E-state index < -0.39 is 0 Å². The lowest BCUT2D eigenvalue weighted by molar-refractivity contribution is 0.438. The quantitative estimate of drug-likeness (QED) is 0.534. The van der Waals surface area contributed by atoms with E-state index in [9.17, 15) is 0 Å². The second-order valence-corrected chi connectivity index (χ2v) is 2.45. The van der Waals surface area contributed by atoms with Gasteiger partial charge in [0.25, 0.3) is 0 Å². The summed E-state index contributed by atoms with van der Waals surface area (Å²) in [7, 11) is 0. The van der Waals surface area contributed by atoms with Crippen LogP contribution in [-0.4, -0.2) is 10.1 Å². The molecule has 12 heavy (non-hydrogen) atoms. The summed E-state index contributed by atoms with van der Waals surface area (Å²) in [6.45, 7) is 5.34. The maximum Gasteiger partial charge on any atom is 0.115 e. The molecule has 2 heteroatoms. The molecule has 62 valence electrons. The third kappa shape index (κ3) is 1.95. The minimum absolute atomic E-state index is 0.158. The standard InChI is InChI=1S/C10H11NO/c1-3-10(12)7-9-5-4-6-11-8(9)2/h3-7,12H,1H2,2H3/b10-7+. The number of aromatic nitrogens is 1. The van der Waals surface area contributed by atoms with Crippen molar-refractivity contribution in [3.8, 4) is 0 Å². The lowest BCUT2D eigenvalue weighted by Crippen LogP contribution is -1.85. The number of aryl methyl sites for hydroxylation is 1. The summed E-state index contributed by atoms with van der Waals surface area (Å²) in [5.74, 6) is 0.158. The molecule has 2 nitrogen and oxygen atoms in total. The van der Waals surface area contributed by atoms with Crippen LogP contribution in [0, 0.1) is 6.92 Å². The zero-order valence-electron chi connectivity index (χ0n) is 6.99. The van der Waals surface area contributed by atoms with Gasteiger partial charge in [-0.05, 0) is 30.7 Å². The molecule has 0 radical (unpaired) electrons. The third-order valence-electron chi connectivity index (χ3n) is 1.56. The van der Waals surface area contributed by atoms with Gasteiger partial charge in [0.1, 0.15) is 5.76 Å². The van der Waals surface area contributed by atoms with Gasteiger partial charge in [0.05, 0.1) is 0 Å². The first kappa shape index (κ1) is 8.53. The molecule has 0 aromatic carbocycles. The van der Waals surface area contributed by atoms with Crippen molar-refractivity contribution in [2.75, 3.05) is 0 Å². The number of pyridine rings is 1. The van der Waals surface area contributed by atoms with Crippen molar-refractivity contribution in [2.24, 2.45) is 0 Å². The molecular formula is C10H11NO. The van der Waals surface area contributed by atoms with E-state index in [-0.39, 0.29) is 5.76 Å². The van der Waals surface area contributed by atoms with Crippen molar-refractivity contribution < 1.29 is 5.11 Å². The highest BCUT2D eigenvalue weighted by Gasteiger charge is 1.94. The average molecular weight is 161 g/mol. The molecule has 0 atom stereocenters. The average Bonchev–Trinajstić information content (AvgIpc) is 2.09. The van der Waals surface area contributed by atoms with Gasteiger partial charge < -0.3 is 5.11 Å². The second kappa shape index (κ2) is 3.72. The Hall–Kier alpha value is -1.57. The number of aliphatic hydroxyl groups is 1. The van der Waals surface area contributed by atoms with Crippen LogP contribution in [0.1, 0.15) is 11.3 Å². The first-order valence-corrected chi connectivity index (χ1v) is 3.69. The van der Waals surface area contributed by atoms with Gasteiger partial charge in [0.15, 0.2) is 0 Å². The molecule has 0 bridgehead atoms. The van der Waals surface area contributed by atoms with Crippen LogP contribution in [0.3, 0.4) is 0 Å². The van der Waals surface area contributed by atoms with Crippen LogP contribution in [0.25, 0.3) is 6.08 Å².